The quantitative estimate of drug-likeness (QED) is 0.828. The van der Waals surface area contributed by atoms with Crippen molar-refractivity contribution in [2.24, 2.45) is 0 Å². The van der Waals surface area contributed by atoms with Gasteiger partial charge >= 0.3 is 5.97 Å². The molecule has 0 saturated carbocycles. The van der Waals surface area contributed by atoms with E-state index in [1.807, 2.05) is 6.07 Å². The minimum atomic E-state index is -0.461. The van der Waals surface area contributed by atoms with Gasteiger partial charge in [-0.1, -0.05) is 6.07 Å². The van der Waals surface area contributed by atoms with Gasteiger partial charge < -0.3 is 15.4 Å². The summed E-state index contributed by atoms with van der Waals surface area (Å²) >= 11 is 0. The smallest absolute Gasteiger partial charge is 0.337 e. The monoisotopic (exact) mass is 309 g/mol. The van der Waals surface area contributed by atoms with E-state index in [2.05, 4.69) is 15.4 Å². The third-order valence-corrected chi connectivity index (χ3v) is 3.03. The first-order valence-corrected chi connectivity index (χ1v) is 6.84. The molecule has 0 unspecified atom stereocenters. The fourth-order valence-electron chi connectivity index (χ4n) is 1.89. The van der Waals surface area contributed by atoms with Gasteiger partial charge in [-0.05, 0) is 42.5 Å². The molecule has 0 aromatic heterocycles. The minimum Gasteiger partial charge on any atom is -0.465 e. The Balaban J connectivity index is 1.91. The Bertz CT molecular complexity index is 748. The van der Waals surface area contributed by atoms with Crippen LogP contribution in [0.25, 0.3) is 0 Å². The number of amides is 1. The predicted octanol–water partition coefficient (Wildman–Crippen LogP) is 2.40. The molecule has 0 bridgehead atoms. The molecule has 0 aliphatic carbocycles. The highest BCUT2D eigenvalue weighted by molar-refractivity contribution is 5.96. The van der Waals surface area contributed by atoms with Gasteiger partial charge in [0, 0.05) is 11.4 Å². The zero-order valence-electron chi connectivity index (χ0n) is 12.5. The molecule has 116 valence electrons. The third-order valence-electron chi connectivity index (χ3n) is 3.03. The maximum atomic E-state index is 11.9. The first kappa shape index (κ1) is 16.0. The highest BCUT2D eigenvalue weighted by Gasteiger charge is 2.07. The lowest BCUT2D eigenvalue weighted by Crippen LogP contribution is -2.21. The van der Waals surface area contributed by atoms with Crippen LogP contribution in [0, 0.1) is 11.3 Å². The third kappa shape index (κ3) is 4.58. The van der Waals surface area contributed by atoms with E-state index in [0.717, 1.165) is 5.69 Å². The maximum absolute atomic E-state index is 11.9. The summed E-state index contributed by atoms with van der Waals surface area (Å²) < 4.78 is 4.63. The molecule has 2 aromatic carbocycles. The Morgan fingerprint density at radius 1 is 1.13 bits per heavy atom. The summed E-state index contributed by atoms with van der Waals surface area (Å²) in [4.78, 5) is 23.4. The van der Waals surface area contributed by atoms with Gasteiger partial charge in [0.25, 0.3) is 0 Å². The highest BCUT2D eigenvalue weighted by Crippen LogP contribution is 2.12. The molecule has 0 aliphatic heterocycles. The Morgan fingerprint density at radius 2 is 1.87 bits per heavy atom. The van der Waals surface area contributed by atoms with Crippen LogP contribution in [0.3, 0.4) is 0 Å². The van der Waals surface area contributed by atoms with E-state index in [1.54, 1.807) is 48.5 Å². The van der Waals surface area contributed by atoms with Crippen molar-refractivity contribution in [2.45, 2.75) is 0 Å². The Kier molecular flexibility index (Phi) is 5.31. The van der Waals surface area contributed by atoms with E-state index in [4.69, 9.17) is 5.26 Å². The summed E-state index contributed by atoms with van der Waals surface area (Å²) in [5.41, 5.74) is 2.17. The summed E-state index contributed by atoms with van der Waals surface area (Å²) in [5.74, 6) is -0.715. The van der Waals surface area contributed by atoms with Gasteiger partial charge in [0.2, 0.25) is 5.91 Å². The number of rotatable bonds is 5. The number of nitrogens with zero attached hydrogens (tertiary/aromatic N) is 1. The van der Waals surface area contributed by atoms with E-state index >= 15 is 0 Å². The van der Waals surface area contributed by atoms with Crippen molar-refractivity contribution in [3.8, 4) is 6.07 Å². The average Bonchev–Trinajstić information content (AvgIpc) is 2.60. The summed E-state index contributed by atoms with van der Waals surface area (Å²) in [6.07, 6.45) is 0. The molecule has 0 aliphatic rings. The number of ether oxygens (including phenoxy) is 1. The maximum Gasteiger partial charge on any atom is 0.337 e. The first-order chi connectivity index (χ1) is 11.1. The normalized spacial score (nSPS) is 9.57. The van der Waals surface area contributed by atoms with Crippen molar-refractivity contribution in [1.82, 2.24) is 0 Å². The summed E-state index contributed by atoms with van der Waals surface area (Å²) in [5, 5.41) is 14.4. The number of carbonyl (C=O) groups excluding carboxylic acids is 2. The van der Waals surface area contributed by atoms with E-state index in [1.165, 1.54) is 7.11 Å². The van der Waals surface area contributed by atoms with Gasteiger partial charge in [0.15, 0.2) is 0 Å². The molecule has 0 heterocycles. The summed E-state index contributed by atoms with van der Waals surface area (Å²) in [6, 6.07) is 15.3. The van der Waals surface area contributed by atoms with Crippen LogP contribution in [0.1, 0.15) is 15.9 Å². The molecule has 2 rings (SSSR count). The van der Waals surface area contributed by atoms with Crippen molar-refractivity contribution in [3.63, 3.8) is 0 Å². The number of carbonyl (C=O) groups is 2. The van der Waals surface area contributed by atoms with Crippen LogP contribution < -0.4 is 10.6 Å². The van der Waals surface area contributed by atoms with Crippen molar-refractivity contribution < 1.29 is 14.3 Å². The lowest BCUT2D eigenvalue weighted by Gasteiger charge is -2.08. The topological polar surface area (TPSA) is 91.2 Å². The molecule has 6 heteroatoms. The average molecular weight is 309 g/mol. The molecule has 0 spiro atoms. The number of hydrogen-bond donors (Lipinski definition) is 2. The zero-order valence-corrected chi connectivity index (χ0v) is 12.5. The van der Waals surface area contributed by atoms with Gasteiger partial charge in [-0.2, -0.15) is 5.26 Å². The number of esters is 1. The van der Waals surface area contributed by atoms with Crippen molar-refractivity contribution in [1.29, 1.82) is 5.26 Å². The second-order valence-corrected chi connectivity index (χ2v) is 4.66. The van der Waals surface area contributed by atoms with E-state index in [0.29, 0.717) is 16.8 Å². The standard InChI is InChI=1S/C17H15N3O3/c1-23-17(22)13-3-2-4-15(9-13)20-16(21)11-19-14-7-5-12(10-18)6-8-14/h2-9,19H,11H2,1H3,(H,20,21). The number of anilines is 2. The predicted molar refractivity (Wildman–Crippen MR) is 86.1 cm³/mol. The van der Waals surface area contributed by atoms with Crippen LogP contribution >= 0.6 is 0 Å². The first-order valence-electron chi connectivity index (χ1n) is 6.84. The zero-order chi connectivity index (χ0) is 16.7. The van der Waals surface area contributed by atoms with Crippen molar-refractivity contribution in [3.05, 3.63) is 59.7 Å². The summed E-state index contributed by atoms with van der Waals surface area (Å²) in [7, 11) is 1.30. The SMILES string of the molecule is COC(=O)c1cccc(NC(=O)CNc2ccc(C#N)cc2)c1. The van der Waals surface area contributed by atoms with Gasteiger partial charge in [-0.3, -0.25) is 4.79 Å². The molecular formula is C17H15N3O3. The fourth-order valence-corrected chi connectivity index (χ4v) is 1.89. The molecule has 2 N–H and O–H groups in total. The molecule has 23 heavy (non-hydrogen) atoms. The Morgan fingerprint density at radius 3 is 2.52 bits per heavy atom. The largest absolute Gasteiger partial charge is 0.465 e. The lowest BCUT2D eigenvalue weighted by molar-refractivity contribution is -0.114. The Hall–Kier alpha value is -3.33. The number of nitrogens with one attached hydrogen (secondary N) is 2. The number of methoxy groups -OCH3 is 1. The fraction of sp³-hybridized carbons (Fsp3) is 0.118. The highest BCUT2D eigenvalue weighted by atomic mass is 16.5. The lowest BCUT2D eigenvalue weighted by atomic mass is 10.2. The molecule has 0 radical (unpaired) electrons. The second-order valence-electron chi connectivity index (χ2n) is 4.66. The molecule has 0 atom stereocenters. The van der Waals surface area contributed by atoms with Crippen LogP contribution in [0.2, 0.25) is 0 Å². The molecule has 2 aromatic rings. The van der Waals surface area contributed by atoms with Gasteiger partial charge in [-0.25, -0.2) is 4.79 Å². The van der Waals surface area contributed by atoms with Gasteiger partial charge in [0.05, 0.1) is 30.9 Å². The minimum absolute atomic E-state index is 0.0638. The Labute approximate surface area is 133 Å². The van der Waals surface area contributed by atoms with Crippen LogP contribution in [-0.2, 0) is 9.53 Å². The van der Waals surface area contributed by atoms with Gasteiger partial charge in [-0.15, -0.1) is 0 Å². The van der Waals surface area contributed by atoms with Crippen molar-refractivity contribution in [2.75, 3.05) is 24.3 Å². The molecule has 0 fully saturated rings. The summed E-state index contributed by atoms with van der Waals surface area (Å²) in [6.45, 7) is 0.0638. The number of hydrogen-bond acceptors (Lipinski definition) is 5. The van der Waals surface area contributed by atoms with Crippen LogP contribution in [0.4, 0.5) is 11.4 Å². The number of nitriles is 1. The van der Waals surface area contributed by atoms with Crippen LogP contribution in [0.15, 0.2) is 48.5 Å². The van der Waals surface area contributed by atoms with Crippen LogP contribution in [-0.4, -0.2) is 25.5 Å². The van der Waals surface area contributed by atoms with E-state index in [-0.39, 0.29) is 12.5 Å². The molecule has 1 amide bonds. The molecule has 0 saturated heterocycles. The van der Waals surface area contributed by atoms with E-state index < -0.39 is 5.97 Å². The second kappa shape index (κ2) is 7.61. The molecule has 6 nitrogen and oxygen atoms in total. The molecular weight excluding hydrogens is 294 g/mol. The number of benzene rings is 2. The van der Waals surface area contributed by atoms with Gasteiger partial charge in [0.1, 0.15) is 0 Å². The van der Waals surface area contributed by atoms with Crippen molar-refractivity contribution >= 4 is 23.3 Å². The van der Waals surface area contributed by atoms with Crippen LogP contribution in [0.5, 0.6) is 0 Å². The van der Waals surface area contributed by atoms with E-state index in [9.17, 15) is 9.59 Å².